The van der Waals surface area contributed by atoms with E-state index >= 15 is 0 Å². The summed E-state index contributed by atoms with van der Waals surface area (Å²) in [7, 11) is -2.40. The van der Waals surface area contributed by atoms with Gasteiger partial charge in [0, 0.05) is 24.9 Å². The third-order valence-corrected chi connectivity index (χ3v) is 6.65. The van der Waals surface area contributed by atoms with Gasteiger partial charge in [-0.2, -0.15) is 0 Å². The molecule has 0 unspecified atom stereocenters. The van der Waals surface area contributed by atoms with Gasteiger partial charge in [0.05, 0.1) is 27.9 Å². The van der Waals surface area contributed by atoms with Gasteiger partial charge in [-0.3, -0.25) is 9.10 Å². The Balaban J connectivity index is 1.53. The summed E-state index contributed by atoms with van der Waals surface area (Å²) < 4.78 is 55.4. The minimum absolute atomic E-state index is 0.00674. The van der Waals surface area contributed by atoms with E-state index in [1.807, 2.05) is 0 Å². The highest BCUT2D eigenvalue weighted by Gasteiger charge is 2.21. The van der Waals surface area contributed by atoms with E-state index in [4.69, 9.17) is 0 Å². The molecule has 4 aromatic rings. The third kappa shape index (κ3) is 4.17. The van der Waals surface area contributed by atoms with Crippen LogP contribution in [0.15, 0.2) is 78.0 Å². The first-order chi connectivity index (χ1) is 15.3. The molecule has 164 valence electrons. The van der Waals surface area contributed by atoms with Crippen LogP contribution >= 0.6 is 0 Å². The van der Waals surface area contributed by atoms with Gasteiger partial charge in [-0.05, 0) is 30.3 Å². The Morgan fingerprint density at radius 2 is 1.75 bits per heavy atom. The molecule has 1 N–H and O–H groups in total. The average molecular weight is 456 g/mol. The van der Waals surface area contributed by atoms with E-state index < -0.39 is 27.6 Å². The summed E-state index contributed by atoms with van der Waals surface area (Å²) in [4.78, 5) is 16.5. The number of halogens is 2. The van der Waals surface area contributed by atoms with Crippen molar-refractivity contribution in [2.24, 2.45) is 0 Å². The maximum atomic E-state index is 13.6. The number of amides is 1. The van der Waals surface area contributed by atoms with Crippen LogP contribution in [0.1, 0.15) is 0 Å². The Hall–Kier alpha value is -3.79. The molecule has 1 amide bonds. The van der Waals surface area contributed by atoms with Gasteiger partial charge >= 0.3 is 0 Å². The molecular weight excluding hydrogens is 438 g/mol. The van der Waals surface area contributed by atoms with E-state index in [-0.39, 0.29) is 28.2 Å². The first-order valence-electron chi connectivity index (χ1n) is 9.49. The van der Waals surface area contributed by atoms with Crippen LogP contribution in [0, 0.1) is 11.6 Å². The molecule has 4 rings (SSSR count). The number of carbonyl (C=O) groups excluding carboxylic acids is 1. The summed E-state index contributed by atoms with van der Waals surface area (Å²) in [5.74, 6) is -2.55. The molecule has 0 aliphatic carbocycles. The van der Waals surface area contributed by atoms with Gasteiger partial charge in [0.15, 0.2) is 11.6 Å². The number of nitrogens with one attached hydrogen (secondary N) is 1. The van der Waals surface area contributed by atoms with Gasteiger partial charge in [-0.15, -0.1) is 0 Å². The molecule has 0 saturated carbocycles. The second kappa shape index (κ2) is 8.39. The molecule has 0 fully saturated rings. The number of nitrogens with zero attached hydrogens (tertiary/aromatic N) is 3. The predicted molar refractivity (Wildman–Crippen MR) is 117 cm³/mol. The lowest BCUT2D eigenvalue weighted by Gasteiger charge is -2.20. The maximum Gasteiger partial charge on any atom is 0.264 e. The van der Waals surface area contributed by atoms with Gasteiger partial charge in [-0.25, -0.2) is 22.2 Å². The van der Waals surface area contributed by atoms with Crippen molar-refractivity contribution in [2.45, 2.75) is 11.4 Å². The third-order valence-electron chi connectivity index (χ3n) is 4.87. The summed E-state index contributed by atoms with van der Waals surface area (Å²) in [6, 6.07) is 16.4. The van der Waals surface area contributed by atoms with E-state index in [2.05, 4.69) is 10.3 Å². The van der Waals surface area contributed by atoms with E-state index in [1.165, 1.54) is 36.1 Å². The Morgan fingerprint density at radius 3 is 2.50 bits per heavy atom. The Kier molecular flexibility index (Phi) is 5.62. The second-order valence-corrected chi connectivity index (χ2v) is 8.98. The van der Waals surface area contributed by atoms with E-state index in [1.54, 1.807) is 36.4 Å². The maximum absolute atomic E-state index is 13.6. The van der Waals surface area contributed by atoms with Crippen LogP contribution in [0.5, 0.6) is 0 Å². The number of fused-ring (bicyclic) bond motifs is 1. The van der Waals surface area contributed by atoms with E-state index in [0.29, 0.717) is 5.69 Å². The summed E-state index contributed by atoms with van der Waals surface area (Å²) in [6.45, 7) is -0.220. The lowest BCUT2D eigenvalue weighted by Crippen LogP contribution is -2.26. The first kappa shape index (κ1) is 21.4. The minimum atomic E-state index is -3.85. The molecule has 10 heteroatoms. The van der Waals surface area contributed by atoms with Crippen molar-refractivity contribution in [1.29, 1.82) is 0 Å². The Morgan fingerprint density at radius 1 is 1.03 bits per heavy atom. The van der Waals surface area contributed by atoms with Gasteiger partial charge in [-0.1, -0.05) is 24.3 Å². The lowest BCUT2D eigenvalue weighted by atomic mass is 10.3. The van der Waals surface area contributed by atoms with Crippen molar-refractivity contribution < 1.29 is 22.0 Å². The molecule has 0 bridgehead atoms. The van der Waals surface area contributed by atoms with Crippen molar-refractivity contribution in [3.8, 4) is 0 Å². The normalized spacial score (nSPS) is 11.5. The molecular formula is C22H18F2N4O3S. The summed E-state index contributed by atoms with van der Waals surface area (Å²) in [6.07, 6.45) is 1.30. The van der Waals surface area contributed by atoms with Crippen molar-refractivity contribution in [3.05, 3.63) is 84.7 Å². The first-order valence-corrected chi connectivity index (χ1v) is 10.9. The number of imidazole rings is 1. The van der Waals surface area contributed by atoms with Crippen LogP contribution in [-0.2, 0) is 21.4 Å². The number of aromatic nitrogens is 2. The molecule has 1 heterocycles. The molecule has 0 spiro atoms. The highest BCUT2D eigenvalue weighted by molar-refractivity contribution is 7.92. The fraction of sp³-hybridized carbons (Fsp3) is 0.0909. The number of hydrogen-bond donors (Lipinski definition) is 1. The number of hydrogen-bond acceptors (Lipinski definition) is 4. The van der Waals surface area contributed by atoms with Crippen molar-refractivity contribution in [1.82, 2.24) is 9.55 Å². The number of rotatable bonds is 6. The quantitative estimate of drug-likeness (QED) is 0.479. The van der Waals surface area contributed by atoms with Gasteiger partial charge in [0.1, 0.15) is 6.54 Å². The zero-order valence-corrected chi connectivity index (χ0v) is 17.7. The zero-order chi connectivity index (χ0) is 22.9. The predicted octanol–water partition coefficient (Wildman–Crippen LogP) is 3.78. The van der Waals surface area contributed by atoms with Crippen LogP contribution < -0.4 is 9.62 Å². The molecule has 7 nitrogen and oxygen atoms in total. The fourth-order valence-corrected chi connectivity index (χ4v) is 4.45. The number of sulfonamides is 1. The number of anilines is 2. The average Bonchev–Trinajstić information content (AvgIpc) is 3.15. The number of carbonyl (C=O) groups is 1. The highest BCUT2D eigenvalue weighted by Crippen LogP contribution is 2.24. The monoisotopic (exact) mass is 456 g/mol. The van der Waals surface area contributed by atoms with Crippen molar-refractivity contribution in [3.63, 3.8) is 0 Å². The molecule has 32 heavy (non-hydrogen) atoms. The molecule has 0 aliphatic heterocycles. The summed E-state index contributed by atoms with van der Waals surface area (Å²) >= 11 is 0. The molecule has 3 aromatic carbocycles. The standard InChI is InChI=1S/C22H18F2N4O3S/c1-27(16-7-3-2-4-8-16)32(30,31)17-9-5-6-15(10-17)26-22(29)13-28-14-25-20-11-18(23)19(24)12-21(20)28/h2-12,14H,13H2,1H3,(H,26,29). The minimum Gasteiger partial charge on any atom is -0.324 e. The van der Waals surface area contributed by atoms with Crippen molar-refractivity contribution in [2.75, 3.05) is 16.7 Å². The van der Waals surface area contributed by atoms with Crippen LogP contribution in [0.4, 0.5) is 20.2 Å². The van der Waals surface area contributed by atoms with E-state index in [9.17, 15) is 22.0 Å². The Labute approximate surface area is 183 Å². The molecule has 0 saturated heterocycles. The summed E-state index contributed by atoms with van der Waals surface area (Å²) in [5.41, 5.74) is 1.25. The summed E-state index contributed by atoms with van der Waals surface area (Å²) in [5, 5.41) is 2.62. The van der Waals surface area contributed by atoms with Gasteiger partial charge in [0.2, 0.25) is 5.91 Å². The zero-order valence-electron chi connectivity index (χ0n) is 16.9. The van der Waals surface area contributed by atoms with Crippen molar-refractivity contribution >= 4 is 38.3 Å². The van der Waals surface area contributed by atoms with Crippen LogP contribution in [0.25, 0.3) is 11.0 Å². The number of benzene rings is 3. The lowest BCUT2D eigenvalue weighted by molar-refractivity contribution is -0.116. The van der Waals surface area contributed by atoms with Crippen LogP contribution in [-0.4, -0.2) is 30.9 Å². The fourth-order valence-electron chi connectivity index (χ4n) is 3.20. The molecule has 0 radical (unpaired) electrons. The van der Waals surface area contributed by atoms with Gasteiger partial charge < -0.3 is 9.88 Å². The topological polar surface area (TPSA) is 84.3 Å². The smallest absolute Gasteiger partial charge is 0.264 e. The van der Waals surface area contributed by atoms with Crippen LogP contribution in [0.3, 0.4) is 0 Å². The highest BCUT2D eigenvalue weighted by atomic mass is 32.2. The largest absolute Gasteiger partial charge is 0.324 e. The van der Waals surface area contributed by atoms with E-state index in [0.717, 1.165) is 16.4 Å². The SMILES string of the molecule is CN(c1ccccc1)S(=O)(=O)c1cccc(NC(=O)Cn2cnc3cc(F)c(F)cc32)c1. The second-order valence-electron chi connectivity index (χ2n) is 7.01. The molecule has 0 atom stereocenters. The number of para-hydroxylation sites is 1. The molecule has 1 aromatic heterocycles. The molecule has 0 aliphatic rings. The Bertz CT molecular complexity index is 1410. The van der Waals surface area contributed by atoms with Crippen LogP contribution in [0.2, 0.25) is 0 Å². The van der Waals surface area contributed by atoms with Gasteiger partial charge in [0.25, 0.3) is 10.0 Å².